The fourth-order valence-electron chi connectivity index (χ4n) is 3.52. The molecule has 0 radical (unpaired) electrons. The van der Waals surface area contributed by atoms with E-state index in [2.05, 4.69) is 5.32 Å². The molecule has 3 aromatic rings. The number of ether oxygens (including phenoxy) is 1. The summed E-state index contributed by atoms with van der Waals surface area (Å²) in [7, 11) is 0. The van der Waals surface area contributed by atoms with Crippen molar-refractivity contribution in [1.29, 1.82) is 0 Å². The molecule has 3 aromatic carbocycles. The van der Waals surface area contributed by atoms with E-state index in [1.54, 1.807) is 38.1 Å². The Morgan fingerprint density at radius 3 is 2.29 bits per heavy atom. The molecule has 186 valence electrons. The number of hydrogen-bond donors (Lipinski definition) is 2. The van der Waals surface area contributed by atoms with Crippen LogP contribution < -0.4 is 10.1 Å². The first kappa shape index (κ1) is 26.4. The van der Waals surface area contributed by atoms with Crippen molar-refractivity contribution in [3.63, 3.8) is 0 Å². The Kier molecular flexibility index (Phi) is 8.00. The summed E-state index contributed by atoms with van der Waals surface area (Å²) < 4.78 is 43.8. The highest BCUT2D eigenvalue weighted by atomic mass is 32.2. The predicted octanol–water partition coefficient (Wildman–Crippen LogP) is 6.65. The van der Waals surface area contributed by atoms with E-state index in [-0.39, 0.29) is 34.6 Å². The van der Waals surface area contributed by atoms with Crippen LogP contribution in [0.4, 0.5) is 13.2 Å². The monoisotopic (exact) mass is 505 g/mol. The lowest BCUT2D eigenvalue weighted by Crippen LogP contribution is -2.50. The Hall–Kier alpha value is -3.20. The molecule has 0 aliphatic heterocycles. The minimum absolute atomic E-state index is 0.00800. The highest BCUT2D eigenvalue weighted by Crippen LogP contribution is 2.37. The van der Waals surface area contributed by atoms with Crippen molar-refractivity contribution in [2.45, 2.75) is 50.2 Å². The molecule has 0 aliphatic rings. The lowest BCUT2D eigenvalue weighted by atomic mass is 9.81. The molecule has 0 heterocycles. The van der Waals surface area contributed by atoms with Gasteiger partial charge in [0.05, 0.1) is 5.56 Å². The van der Waals surface area contributed by atoms with Crippen LogP contribution in [0.2, 0.25) is 0 Å². The van der Waals surface area contributed by atoms with Gasteiger partial charge in [-0.25, -0.2) is 4.79 Å². The number of amides is 1. The lowest BCUT2D eigenvalue weighted by molar-refractivity contribution is -0.142. The highest BCUT2D eigenvalue weighted by Gasteiger charge is 2.36. The zero-order chi connectivity index (χ0) is 25.8. The van der Waals surface area contributed by atoms with E-state index in [9.17, 15) is 27.9 Å². The molecule has 35 heavy (non-hydrogen) atoms. The molecule has 0 spiro atoms. The van der Waals surface area contributed by atoms with Gasteiger partial charge in [0.15, 0.2) is 0 Å². The van der Waals surface area contributed by atoms with Crippen LogP contribution in [0.5, 0.6) is 5.75 Å². The van der Waals surface area contributed by atoms with Gasteiger partial charge in [0, 0.05) is 10.3 Å². The number of benzene rings is 3. The van der Waals surface area contributed by atoms with Crippen molar-refractivity contribution in [3.05, 3.63) is 71.8 Å². The topological polar surface area (TPSA) is 75.6 Å². The Morgan fingerprint density at radius 2 is 1.69 bits per heavy atom. The quantitative estimate of drug-likeness (QED) is 0.319. The average Bonchev–Trinajstić information content (AvgIpc) is 2.80. The second-order valence-corrected chi connectivity index (χ2v) is 9.87. The maximum Gasteiger partial charge on any atom is 0.446 e. The molecule has 0 unspecified atom stereocenters. The zero-order valence-electron chi connectivity index (χ0n) is 19.5. The molecule has 2 N–H and O–H groups in total. The molecule has 0 fully saturated rings. The number of halogens is 3. The van der Waals surface area contributed by atoms with Crippen molar-refractivity contribution in [3.8, 4) is 5.75 Å². The summed E-state index contributed by atoms with van der Waals surface area (Å²) in [6.07, 6.45) is 0.536. The SMILES string of the molecule is CCC(C)(C)[C@H](NC(=O)c1ccc2ccccc2c1OCc1ccc(SC(F)(F)F)cc1)C(=O)O. The maximum absolute atomic E-state index is 13.2. The van der Waals surface area contributed by atoms with E-state index in [1.807, 2.05) is 19.1 Å². The molecule has 1 amide bonds. The van der Waals surface area contributed by atoms with Crippen LogP contribution in [-0.2, 0) is 11.4 Å². The number of alkyl halides is 3. The van der Waals surface area contributed by atoms with Gasteiger partial charge in [-0.15, -0.1) is 0 Å². The number of carboxylic acids is 1. The van der Waals surface area contributed by atoms with E-state index in [4.69, 9.17) is 4.74 Å². The van der Waals surface area contributed by atoms with Gasteiger partial charge in [-0.05, 0) is 52.7 Å². The van der Waals surface area contributed by atoms with E-state index in [0.717, 1.165) is 5.39 Å². The van der Waals surface area contributed by atoms with E-state index in [1.165, 1.54) is 24.3 Å². The molecule has 0 bridgehead atoms. The fraction of sp³-hybridized carbons (Fsp3) is 0.308. The highest BCUT2D eigenvalue weighted by molar-refractivity contribution is 8.00. The van der Waals surface area contributed by atoms with E-state index < -0.39 is 28.8 Å². The van der Waals surface area contributed by atoms with Gasteiger partial charge in [-0.1, -0.05) is 63.2 Å². The van der Waals surface area contributed by atoms with Gasteiger partial charge in [-0.2, -0.15) is 13.2 Å². The van der Waals surface area contributed by atoms with Crippen LogP contribution in [0.25, 0.3) is 10.8 Å². The Bertz CT molecular complexity index is 1210. The molecule has 0 saturated carbocycles. The van der Waals surface area contributed by atoms with Gasteiger partial charge >= 0.3 is 11.5 Å². The van der Waals surface area contributed by atoms with Crippen LogP contribution in [0, 0.1) is 5.41 Å². The Labute approximate surface area is 205 Å². The van der Waals surface area contributed by atoms with Crippen LogP contribution in [0.3, 0.4) is 0 Å². The van der Waals surface area contributed by atoms with Crippen molar-refractivity contribution >= 4 is 34.4 Å². The summed E-state index contributed by atoms with van der Waals surface area (Å²) in [5.74, 6) is -1.45. The fourth-order valence-corrected chi connectivity index (χ4v) is 4.06. The number of aliphatic carboxylic acids is 1. The molecule has 9 heteroatoms. The number of hydrogen-bond acceptors (Lipinski definition) is 4. The van der Waals surface area contributed by atoms with E-state index >= 15 is 0 Å². The molecular formula is C26H26F3NO4S. The second-order valence-electron chi connectivity index (χ2n) is 8.73. The zero-order valence-corrected chi connectivity index (χ0v) is 20.3. The first-order chi connectivity index (χ1) is 16.4. The largest absolute Gasteiger partial charge is 0.487 e. The summed E-state index contributed by atoms with van der Waals surface area (Å²) in [6.45, 7) is 5.40. The number of carboxylic acid groups (broad SMARTS) is 1. The number of rotatable bonds is 9. The summed E-state index contributed by atoms with van der Waals surface area (Å²) in [4.78, 5) is 25.1. The summed E-state index contributed by atoms with van der Waals surface area (Å²) in [6, 6.07) is 15.3. The third kappa shape index (κ3) is 6.69. The second kappa shape index (κ2) is 10.6. The van der Waals surface area contributed by atoms with Gasteiger partial charge in [0.1, 0.15) is 18.4 Å². The molecule has 5 nitrogen and oxygen atoms in total. The normalized spacial score (nSPS) is 12.9. The third-order valence-corrected chi connectivity index (χ3v) is 6.62. The number of carbonyl (C=O) groups is 2. The van der Waals surface area contributed by atoms with Crippen LogP contribution in [0.1, 0.15) is 43.1 Å². The molecule has 0 aromatic heterocycles. The van der Waals surface area contributed by atoms with Crippen LogP contribution >= 0.6 is 11.8 Å². The number of nitrogens with one attached hydrogen (secondary N) is 1. The third-order valence-electron chi connectivity index (χ3n) is 5.88. The van der Waals surface area contributed by atoms with Gasteiger partial charge in [-0.3, -0.25) is 4.79 Å². The van der Waals surface area contributed by atoms with Gasteiger partial charge in [0.2, 0.25) is 0 Å². The maximum atomic E-state index is 13.2. The van der Waals surface area contributed by atoms with Crippen LogP contribution in [0.15, 0.2) is 65.6 Å². The Morgan fingerprint density at radius 1 is 1.03 bits per heavy atom. The molecule has 3 rings (SSSR count). The predicted molar refractivity (Wildman–Crippen MR) is 130 cm³/mol. The summed E-state index contributed by atoms with van der Waals surface area (Å²) in [5, 5.41) is 13.8. The number of thioether (sulfide) groups is 1. The lowest BCUT2D eigenvalue weighted by Gasteiger charge is -2.31. The van der Waals surface area contributed by atoms with Crippen molar-refractivity contribution in [2.24, 2.45) is 5.41 Å². The van der Waals surface area contributed by atoms with Crippen molar-refractivity contribution in [2.75, 3.05) is 0 Å². The van der Waals surface area contributed by atoms with E-state index in [0.29, 0.717) is 17.4 Å². The van der Waals surface area contributed by atoms with Crippen molar-refractivity contribution in [1.82, 2.24) is 5.32 Å². The Balaban J connectivity index is 1.90. The standard InChI is InChI=1S/C26H26F3NO4S/c1-4-25(2,3)22(24(32)33)30-23(31)20-14-11-17-7-5-6-8-19(17)21(20)34-15-16-9-12-18(13-10-16)35-26(27,28)29/h5-14,22H,4,15H2,1-3H3,(H,30,31)(H,32,33)/t22-/m1/s1. The first-order valence-corrected chi connectivity index (χ1v) is 11.8. The summed E-state index contributed by atoms with van der Waals surface area (Å²) in [5.41, 5.74) is -4.27. The van der Waals surface area contributed by atoms with Crippen LogP contribution in [-0.4, -0.2) is 28.5 Å². The first-order valence-electron chi connectivity index (χ1n) is 10.9. The number of fused-ring (bicyclic) bond motifs is 1. The van der Waals surface area contributed by atoms with Crippen molar-refractivity contribution < 1.29 is 32.6 Å². The average molecular weight is 506 g/mol. The summed E-state index contributed by atoms with van der Waals surface area (Å²) >= 11 is -0.198. The van der Waals surface area contributed by atoms with Gasteiger partial charge < -0.3 is 15.2 Å². The van der Waals surface area contributed by atoms with Gasteiger partial charge in [0.25, 0.3) is 5.91 Å². The molecule has 0 saturated heterocycles. The molecular weight excluding hydrogens is 479 g/mol. The minimum Gasteiger partial charge on any atom is -0.487 e. The smallest absolute Gasteiger partial charge is 0.446 e. The minimum atomic E-state index is -4.37. The molecule has 1 atom stereocenters. The molecule has 0 aliphatic carbocycles. The number of carbonyl (C=O) groups excluding carboxylic acids is 1.